The molecule has 0 atom stereocenters. The third-order valence-electron chi connectivity index (χ3n) is 2.29. The van der Waals surface area contributed by atoms with Gasteiger partial charge in [-0.05, 0) is 0 Å². The molecule has 0 radical (unpaired) electrons. The Labute approximate surface area is 96.1 Å². The van der Waals surface area contributed by atoms with Gasteiger partial charge in [0.1, 0.15) is 0 Å². The van der Waals surface area contributed by atoms with Crippen molar-refractivity contribution in [1.29, 1.82) is 0 Å². The molecule has 0 bridgehead atoms. The standard InChI is InChI=1S/C5H3N.6CH3.2Sn/c1-2-4-6-5-3-1;;;;;;;;/h1-3H;6*1H3;;. The molecule has 1 heterocycles. The van der Waals surface area contributed by atoms with Crippen LogP contribution in [0.1, 0.15) is 0 Å². The van der Waals surface area contributed by atoms with Crippen molar-refractivity contribution in [2.24, 2.45) is 0 Å². The maximum atomic E-state index is 4.90. The fraction of sp³-hybridized carbons (Fsp3) is 0.545. The van der Waals surface area contributed by atoms with Gasteiger partial charge in [0.2, 0.25) is 0 Å². The summed E-state index contributed by atoms with van der Waals surface area (Å²) in [6, 6.07) is 6.68. The first kappa shape index (κ1) is 12.8. The summed E-state index contributed by atoms with van der Waals surface area (Å²) in [5, 5.41) is 0. The van der Waals surface area contributed by atoms with Crippen LogP contribution in [0.4, 0.5) is 0 Å². The molecule has 0 aliphatic heterocycles. The van der Waals surface area contributed by atoms with Crippen LogP contribution >= 0.6 is 0 Å². The second kappa shape index (κ2) is 4.32. The molecular weight excluding hydrogens is 384 g/mol. The fourth-order valence-corrected chi connectivity index (χ4v) is 8.19. The number of pyridine rings is 1. The number of aromatic nitrogens is 1. The van der Waals surface area contributed by atoms with Crippen LogP contribution in [-0.4, -0.2) is 41.7 Å². The summed E-state index contributed by atoms with van der Waals surface area (Å²) in [5.74, 6) is 0. The SMILES string of the molecule is [CH3][Sn]([CH3])([CH3])[c]1ccc[c]([Sn]([CH3])([CH3])[CH3])n1. The zero-order valence-corrected chi connectivity index (χ0v) is 15.9. The molecule has 0 fully saturated rings. The monoisotopic (exact) mass is 407 g/mol. The van der Waals surface area contributed by atoms with Gasteiger partial charge in [-0.3, -0.25) is 0 Å². The molecule has 0 aliphatic rings. The molecule has 0 unspecified atom stereocenters. The van der Waals surface area contributed by atoms with E-state index in [0.29, 0.717) is 0 Å². The fourth-order valence-electron chi connectivity index (χ4n) is 1.27. The van der Waals surface area contributed by atoms with Crippen molar-refractivity contribution in [3.8, 4) is 0 Å². The molecule has 0 spiro atoms. The molecular formula is C11H21NSn2. The minimum atomic E-state index is -1.94. The van der Waals surface area contributed by atoms with E-state index in [4.69, 9.17) is 4.98 Å². The summed E-state index contributed by atoms with van der Waals surface area (Å²) in [6.07, 6.45) is 0. The van der Waals surface area contributed by atoms with Crippen molar-refractivity contribution in [3.05, 3.63) is 18.2 Å². The van der Waals surface area contributed by atoms with Crippen LogP contribution in [0.2, 0.25) is 29.6 Å². The molecule has 1 rings (SSSR count). The molecule has 0 N–H and O–H groups in total. The molecule has 1 aromatic rings. The van der Waals surface area contributed by atoms with Gasteiger partial charge < -0.3 is 0 Å². The normalized spacial score (nSPS) is 13.0. The summed E-state index contributed by atoms with van der Waals surface area (Å²) in [4.78, 5) is 19.5. The molecule has 0 aliphatic carbocycles. The Morgan fingerprint density at radius 2 is 1.14 bits per heavy atom. The third-order valence-corrected chi connectivity index (χ3v) is 12.6. The Morgan fingerprint density at radius 3 is 1.43 bits per heavy atom. The Bertz CT molecular complexity index is 292. The van der Waals surface area contributed by atoms with Gasteiger partial charge in [0.05, 0.1) is 0 Å². The number of hydrogen-bond acceptors (Lipinski definition) is 1. The predicted molar refractivity (Wildman–Crippen MR) is 70.2 cm³/mol. The summed E-state index contributed by atoms with van der Waals surface area (Å²) < 4.78 is 2.87. The van der Waals surface area contributed by atoms with Crippen LogP contribution in [0, 0.1) is 0 Å². The maximum absolute atomic E-state index is 4.90. The van der Waals surface area contributed by atoms with Crippen LogP contribution < -0.4 is 7.42 Å². The summed E-state index contributed by atoms with van der Waals surface area (Å²) in [7, 11) is 0. The molecule has 3 heteroatoms. The van der Waals surface area contributed by atoms with Gasteiger partial charge in [-0.25, -0.2) is 0 Å². The van der Waals surface area contributed by atoms with E-state index in [1.54, 1.807) is 0 Å². The van der Waals surface area contributed by atoms with Crippen molar-refractivity contribution in [3.63, 3.8) is 0 Å². The van der Waals surface area contributed by atoms with Crippen LogP contribution in [-0.2, 0) is 0 Å². The summed E-state index contributed by atoms with van der Waals surface area (Å²) in [5.41, 5.74) is 0. The first-order chi connectivity index (χ1) is 6.21. The minimum absolute atomic E-state index is 1.43. The van der Waals surface area contributed by atoms with Gasteiger partial charge in [0.15, 0.2) is 0 Å². The first-order valence-corrected chi connectivity index (χ1v) is 25.2. The first-order valence-electron chi connectivity index (χ1n) is 5.19. The van der Waals surface area contributed by atoms with Gasteiger partial charge >= 0.3 is 97.0 Å². The van der Waals surface area contributed by atoms with Crippen LogP contribution in [0.5, 0.6) is 0 Å². The molecule has 14 heavy (non-hydrogen) atoms. The quantitative estimate of drug-likeness (QED) is 0.689. The van der Waals surface area contributed by atoms with E-state index < -0.39 is 36.8 Å². The molecule has 0 saturated heterocycles. The van der Waals surface area contributed by atoms with Crippen molar-refractivity contribution >= 4 is 44.2 Å². The predicted octanol–water partition coefficient (Wildman–Crippen LogP) is 2.17. The number of nitrogens with zero attached hydrogens (tertiary/aromatic N) is 1. The van der Waals surface area contributed by atoms with E-state index in [-0.39, 0.29) is 0 Å². The Kier molecular flexibility index (Phi) is 3.95. The van der Waals surface area contributed by atoms with Gasteiger partial charge in [-0.2, -0.15) is 0 Å². The van der Waals surface area contributed by atoms with Crippen molar-refractivity contribution in [1.82, 2.24) is 4.98 Å². The zero-order valence-electron chi connectivity index (χ0n) is 10.2. The van der Waals surface area contributed by atoms with Crippen molar-refractivity contribution in [2.75, 3.05) is 0 Å². The second-order valence-corrected chi connectivity index (χ2v) is 34.5. The molecule has 0 amide bonds. The molecule has 1 nitrogen and oxygen atoms in total. The van der Waals surface area contributed by atoms with Gasteiger partial charge in [0.25, 0.3) is 0 Å². The van der Waals surface area contributed by atoms with Gasteiger partial charge in [-0.1, -0.05) is 0 Å². The summed E-state index contributed by atoms with van der Waals surface area (Å²) in [6.45, 7) is 0. The van der Waals surface area contributed by atoms with E-state index in [0.717, 1.165) is 0 Å². The Hall–Kier alpha value is 0.747. The van der Waals surface area contributed by atoms with Crippen LogP contribution in [0.3, 0.4) is 0 Å². The molecule has 0 saturated carbocycles. The van der Waals surface area contributed by atoms with Crippen LogP contribution in [0.15, 0.2) is 18.2 Å². The second-order valence-electron chi connectivity index (χ2n) is 5.91. The van der Waals surface area contributed by atoms with E-state index in [1.807, 2.05) is 0 Å². The Morgan fingerprint density at radius 1 is 0.786 bits per heavy atom. The summed E-state index contributed by atoms with van der Waals surface area (Å²) >= 11 is -3.87. The van der Waals surface area contributed by atoms with Crippen molar-refractivity contribution in [2.45, 2.75) is 29.6 Å². The van der Waals surface area contributed by atoms with Gasteiger partial charge in [0, 0.05) is 0 Å². The topological polar surface area (TPSA) is 12.9 Å². The Balaban J connectivity index is 3.15. The molecule has 78 valence electrons. The average molecular weight is 405 g/mol. The average Bonchev–Trinajstić information content (AvgIpc) is 2.01. The molecule has 1 aromatic heterocycles. The van der Waals surface area contributed by atoms with Crippen LogP contribution in [0.25, 0.3) is 0 Å². The van der Waals surface area contributed by atoms with Crippen molar-refractivity contribution < 1.29 is 0 Å². The number of rotatable bonds is 2. The third kappa shape index (κ3) is 3.40. The van der Waals surface area contributed by atoms with E-state index in [9.17, 15) is 0 Å². The number of hydrogen-bond donors (Lipinski definition) is 0. The van der Waals surface area contributed by atoms with E-state index in [1.165, 1.54) is 7.42 Å². The van der Waals surface area contributed by atoms with Gasteiger partial charge in [-0.15, -0.1) is 0 Å². The van der Waals surface area contributed by atoms with E-state index >= 15 is 0 Å². The molecule has 0 aromatic carbocycles. The zero-order chi connectivity index (χ0) is 11.0. The van der Waals surface area contributed by atoms with E-state index in [2.05, 4.69) is 47.8 Å².